The van der Waals surface area contributed by atoms with Crippen molar-refractivity contribution in [2.75, 3.05) is 32.0 Å². The number of unbranched alkanes of at least 4 members (excludes halogenated alkanes) is 1. The summed E-state index contributed by atoms with van der Waals surface area (Å²) in [5.74, 6) is 1.36. The molecule has 1 unspecified atom stereocenters. The van der Waals surface area contributed by atoms with Crippen molar-refractivity contribution in [2.24, 2.45) is 0 Å². The molecule has 0 bridgehead atoms. The molecule has 4 aromatic rings. The summed E-state index contributed by atoms with van der Waals surface area (Å²) in [6.07, 6.45) is 10.1. The van der Waals surface area contributed by atoms with Crippen LogP contribution in [0.15, 0.2) is 42.7 Å². The van der Waals surface area contributed by atoms with Crippen LogP contribution in [0.5, 0.6) is 0 Å². The number of nitrogens with one attached hydrogen (secondary N) is 1. The van der Waals surface area contributed by atoms with E-state index in [9.17, 15) is 0 Å². The van der Waals surface area contributed by atoms with Crippen molar-refractivity contribution in [3.8, 4) is 11.1 Å². The number of anilines is 1. The lowest BCUT2D eigenvalue weighted by Gasteiger charge is -2.22. The second-order valence-electron chi connectivity index (χ2n) is 9.63. The van der Waals surface area contributed by atoms with Gasteiger partial charge in [0.2, 0.25) is 0 Å². The number of aryl methyl sites for hydroxylation is 1. The van der Waals surface area contributed by atoms with Crippen LogP contribution in [0.25, 0.3) is 33.1 Å². The average molecular weight is 519 g/mol. The summed E-state index contributed by atoms with van der Waals surface area (Å²) in [7, 11) is 0. The number of hydrogen-bond acceptors (Lipinski definition) is 7. The SMILES string of the molecule is CCCCn1c(COCC)nc2c(N)nc3cc(-c4cccnc4)ccc3c21.CCNCC1CCCCO1. The van der Waals surface area contributed by atoms with Crippen molar-refractivity contribution in [3.05, 3.63) is 48.5 Å². The molecule has 3 aromatic heterocycles. The molecule has 204 valence electrons. The number of benzene rings is 1. The minimum Gasteiger partial charge on any atom is -0.382 e. The van der Waals surface area contributed by atoms with Gasteiger partial charge in [0.05, 0.1) is 17.1 Å². The Bertz CT molecular complexity index is 1280. The molecule has 1 fully saturated rings. The van der Waals surface area contributed by atoms with E-state index in [-0.39, 0.29) is 0 Å². The summed E-state index contributed by atoms with van der Waals surface area (Å²) in [6.45, 7) is 11.4. The van der Waals surface area contributed by atoms with Gasteiger partial charge in [0.15, 0.2) is 5.82 Å². The second kappa shape index (κ2) is 14.2. The summed E-state index contributed by atoms with van der Waals surface area (Å²) in [4.78, 5) is 13.6. The van der Waals surface area contributed by atoms with Crippen LogP contribution in [0, 0.1) is 0 Å². The van der Waals surface area contributed by atoms with Crippen molar-refractivity contribution in [2.45, 2.75) is 72.1 Å². The fourth-order valence-electron chi connectivity index (χ4n) is 4.81. The van der Waals surface area contributed by atoms with E-state index in [1.54, 1.807) is 6.20 Å². The monoisotopic (exact) mass is 518 g/mol. The molecule has 0 saturated carbocycles. The Morgan fingerprint density at radius 1 is 1.13 bits per heavy atom. The molecule has 0 spiro atoms. The fourth-order valence-corrected chi connectivity index (χ4v) is 4.81. The van der Waals surface area contributed by atoms with Crippen molar-refractivity contribution >= 4 is 27.8 Å². The fraction of sp³-hybridized carbons (Fsp3) is 0.500. The number of nitrogens with two attached hydrogens (primary N) is 1. The highest BCUT2D eigenvalue weighted by atomic mass is 16.5. The van der Waals surface area contributed by atoms with E-state index in [1.807, 2.05) is 25.3 Å². The number of rotatable bonds is 10. The van der Waals surface area contributed by atoms with Crippen LogP contribution in [0.3, 0.4) is 0 Å². The van der Waals surface area contributed by atoms with E-state index < -0.39 is 0 Å². The number of fused-ring (bicyclic) bond motifs is 3. The lowest BCUT2D eigenvalue weighted by Crippen LogP contribution is -2.31. The predicted molar refractivity (Wildman–Crippen MR) is 155 cm³/mol. The molecule has 1 aromatic carbocycles. The molecule has 1 aliphatic rings. The van der Waals surface area contributed by atoms with E-state index >= 15 is 0 Å². The van der Waals surface area contributed by atoms with Gasteiger partial charge in [-0.25, -0.2) is 9.97 Å². The summed E-state index contributed by atoms with van der Waals surface area (Å²) in [6, 6.07) is 10.3. The molecular formula is C30H42N6O2. The van der Waals surface area contributed by atoms with Gasteiger partial charge in [-0.3, -0.25) is 4.98 Å². The van der Waals surface area contributed by atoms with Crippen LogP contribution >= 0.6 is 0 Å². The molecule has 8 nitrogen and oxygen atoms in total. The molecule has 5 rings (SSSR count). The van der Waals surface area contributed by atoms with Gasteiger partial charge in [0.1, 0.15) is 17.9 Å². The van der Waals surface area contributed by atoms with E-state index in [0.717, 1.165) is 78.0 Å². The largest absolute Gasteiger partial charge is 0.382 e. The van der Waals surface area contributed by atoms with Crippen LogP contribution in [-0.2, 0) is 22.6 Å². The van der Waals surface area contributed by atoms with Gasteiger partial charge in [0.25, 0.3) is 0 Å². The van der Waals surface area contributed by atoms with Crippen LogP contribution in [0.4, 0.5) is 5.82 Å². The van der Waals surface area contributed by atoms with Crippen molar-refractivity contribution in [1.29, 1.82) is 0 Å². The van der Waals surface area contributed by atoms with Gasteiger partial charge in [-0.2, -0.15) is 0 Å². The van der Waals surface area contributed by atoms with Gasteiger partial charge < -0.3 is 25.1 Å². The molecule has 0 aliphatic carbocycles. The highest BCUT2D eigenvalue weighted by Crippen LogP contribution is 2.32. The number of hydrogen-bond donors (Lipinski definition) is 2. The van der Waals surface area contributed by atoms with Crippen LogP contribution in [0.2, 0.25) is 0 Å². The van der Waals surface area contributed by atoms with Crippen molar-refractivity contribution in [3.63, 3.8) is 0 Å². The standard InChI is InChI=1S/C22H25N5O.C8H17NO/c1-3-5-11-27-19(14-28-4-2)26-20-21(27)17-9-8-15(12-18(17)25-22(20)23)16-7-6-10-24-13-16;1-2-9-7-8-5-3-4-6-10-8/h6-10,12-13H,3-5,11,14H2,1-2H3,(H2,23,25);8-9H,2-7H2,1H3. The first-order chi connectivity index (χ1) is 18.7. The zero-order chi connectivity index (χ0) is 26.7. The maximum absolute atomic E-state index is 6.31. The third kappa shape index (κ3) is 6.87. The van der Waals surface area contributed by atoms with Gasteiger partial charge >= 0.3 is 0 Å². The Kier molecular flexibility index (Phi) is 10.4. The third-order valence-electron chi connectivity index (χ3n) is 6.84. The van der Waals surface area contributed by atoms with Gasteiger partial charge in [0, 0.05) is 49.6 Å². The van der Waals surface area contributed by atoms with Gasteiger partial charge in [-0.15, -0.1) is 0 Å². The molecule has 4 heterocycles. The number of nitrogen functional groups attached to an aromatic ring is 1. The Balaban J connectivity index is 0.000000283. The van der Waals surface area contributed by atoms with Crippen LogP contribution in [-0.4, -0.2) is 51.9 Å². The maximum atomic E-state index is 6.31. The Morgan fingerprint density at radius 2 is 2.03 bits per heavy atom. The maximum Gasteiger partial charge on any atom is 0.152 e. The minimum atomic E-state index is 0.457. The van der Waals surface area contributed by atoms with E-state index in [2.05, 4.69) is 51.9 Å². The summed E-state index contributed by atoms with van der Waals surface area (Å²) >= 11 is 0. The van der Waals surface area contributed by atoms with Crippen LogP contribution < -0.4 is 11.1 Å². The number of pyridine rings is 2. The smallest absolute Gasteiger partial charge is 0.152 e. The molecule has 0 amide bonds. The first kappa shape index (κ1) is 28.0. The molecule has 1 aliphatic heterocycles. The number of ether oxygens (including phenoxy) is 2. The lowest BCUT2D eigenvalue weighted by molar-refractivity contribution is 0.0173. The lowest BCUT2D eigenvalue weighted by atomic mass is 10.0. The first-order valence-electron chi connectivity index (χ1n) is 14.0. The van der Waals surface area contributed by atoms with Crippen molar-refractivity contribution in [1.82, 2.24) is 24.8 Å². The topological polar surface area (TPSA) is 100 Å². The molecule has 1 atom stereocenters. The first-order valence-corrected chi connectivity index (χ1v) is 14.0. The summed E-state index contributed by atoms with van der Waals surface area (Å²) < 4.78 is 13.4. The molecule has 38 heavy (non-hydrogen) atoms. The van der Waals surface area contributed by atoms with Crippen molar-refractivity contribution < 1.29 is 9.47 Å². The van der Waals surface area contributed by atoms with E-state index in [4.69, 9.17) is 20.2 Å². The number of imidazole rings is 1. The third-order valence-corrected chi connectivity index (χ3v) is 6.84. The van der Waals surface area contributed by atoms with Crippen LogP contribution in [0.1, 0.15) is 58.7 Å². The Hall–Kier alpha value is -3.07. The predicted octanol–water partition coefficient (Wildman–Crippen LogP) is 5.73. The number of likely N-dealkylation sites (N-methyl/N-ethyl adjacent to an activating group) is 1. The zero-order valence-electron chi connectivity index (χ0n) is 23.1. The molecule has 1 saturated heterocycles. The molecule has 0 radical (unpaired) electrons. The number of nitrogens with zero attached hydrogens (tertiary/aromatic N) is 4. The Morgan fingerprint density at radius 3 is 2.74 bits per heavy atom. The minimum absolute atomic E-state index is 0.457. The molecular weight excluding hydrogens is 476 g/mol. The number of aromatic nitrogens is 4. The van der Waals surface area contributed by atoms with Gasteiger partial charge in [-0.05, 0) is 56.8 Å². The molecule has 3 N–H and O–H groups in total. The van der Waals surface area contributed by atoms with E-state index in [1.165, 1.54) is 19.3 Å². The average Bonchev–Trinajstić information content (AvgIpc) is 3.34. The highest BCUT2D eigenvalue weighted by Gasteiger charge is 2.18. The van der Waals surface area contributed by atoms with Gasteiger partial charge in [-0.1, -0.05) is 38.5 Å². The Labute approximate surface area is 226 Å². The zero-order valence-corrected chi connectivity index (χ0v) is 23.1. The second-order valence-corrected chi connectivity index (χ2v) is 9.63. The summed E-state index contributed by atoms with van der Waals surface area (Å²) in [5.41, 5.74) is 11.1. The quantitative estimate of drug-likeness (QED) is 0.276. The summed E-state index contributed by atoms with van der Waals surface area (Å²) in [5, 5.41) is 4.35. The molecule has 8 heteroatoms. The van der Waals surface area contributed by atoms with E-state index in [0.29, 0.717) is 25.1 Å². The normalized spacial score (nSPS) is 15.5. The highest BCUT2D eigenvalue weighted by molar-refractivity contribution is 6.07.